The van der Waals surface area contributed by atoms with Gasteiger partial charge in [-0.1, -0.05) is 133 Å². The summed E-state index contributed by atoms with van der Waals surface area (Å²) in [6.07, 6.45) is 4.69. The van der Waals surface area contributed by atoms with Gasteiger partial charge in [-0.05, 0) is 163 Å². The Morgan fingerprint density at radius 1 is 0.527 bits per heavy atom. The lowest BCUT2D eigenvalue weighted by molar-refractivity contribution is 0.332. The van der Waals surface area contributed by atoms with Crippen molar-refractivity contribution in [1.82, 2.24) is 4.57 Å². The molecule has 2 aliphatic heterocycles. The quantitative estimate of drug-likeness (QED) is 0.153. The third-order valence-corrected chi connectivity index (χ3v) is 21.6. The van der Waals surface area contributed by atoms with Gasteiger partial charge >= 0.3 is 6.85 Å². The summed E-state index contributed by atoms with van der Waals surface area (Å²) in [4.78, 5) is 2.74. The second-order valence-corrected chi connectivity index (χ2v) is 29.9. The van der Waals surface area contributed by atoms with Gasteiger partial charge in [-0.2, -0.15) is 0 Å². The Labute approximate surface area is 444 Å². The molecule has 370 valence electrons. The average molecular weight is 1000 g/mol. The van der Waals surface area contributed by atoms with Crippen molar-refractivity contribution < 1.29 is 4.42 Å². The molecule has 6 heteroatoms. The molecule has 0 radical (unpaired) electrons. The third-order valence-electron chi connectivity index (χ3n) is 19.2. The molecule has 11 aromatic rings. The van der Waals surface area contributed by atoms with Crippen molar-refractivity contribution in [2.24, 2.45) is 0 Å². The summed E-state index contributed by atoms with van der Waals surface area (Å²) in [7, 11) is 0. The van der Waals surface area contributed by atoms with E-state index in [9.17, 15) is 0 Å². The van der Waals surface area contributed by atoms with Gasteiger partial charge in [0.05, 0.1) is 16.7 Å². The van der Waals surface area contributed by atoms with E-state index in [0.29, 0.717) is 0 Å². The Morgan fingerprint density at radius 2 is 1.09 bits per heavy atom. The second-order valence-electron chi connectivity index (χ2n) is 27.8. The zero-order valence-electron chi connectivity index (χ0n) is 45.8. The molecule has 4 aromatic heterocycles. The van der Waals surface area contributed by atoms with Crippen LogP contribution in [-0.4, -0.2) is 11.4 Å². The Bertz CT molecular complexity index is 4340. The van der Waals surface area contributed by atoms with Crippen molar-refractivity contribution in [2.45, 2.75) is 155 Å². The largest absolute Gasteiger partial charge is 0.456 e. The molecule has 4 aliphatic rings. The molecule has 0 amide bonds. The SMILES string of the molecule is CC(C)(C)c1ccc(N2B3c4sc5ccc(C(C)(C)C)cc5c4-n4c5cc6c(cc5c5c7sc8ccccc8c7c(c3c54)-c3cc4c(cc32)oc2cc3c(cc24)C(C)(C)CCC3(C)C)C(C)(C)CCC6(C)C)cc1. The normalized spacial score (nSPS) is 18.3. The molecular weight excluding hydrogens is 936 g/mol. The zero-order valence-corrected chi connectivity index (χ0v) is 47.5. The first kappa shape index (κ1) is 45.6. The van der Waals surface area contributed by atoms with Crippen LogP contribution in [0.2, 0.25) is 0 Å². The molecule has 0 fully saturated rings. The van der Waals surface area contributed by atoms with E-state index in [1.807, 2.05) is 22.7 Å². The maximum Gasteiger partial charge on any atom is 0.343 e. The highest BCUT2D eigenvalue weighted by molar-refractivity contribution is 7.32. The molecule has 15 rings (SSSR count). The molecular formula is C68H67BN2OS2. The maximum atomic E-state index is 7.23. The van der Waals surface area contributed by atoms with Crippen molar-refractivity contribution in [1.29, 1.82) is 0 Å². The summed E-state index contributed by atoms with van der Waals surface area (Å²) >= 11 is 4.01. The second kappa shape index (κ2) is 14.2. The molecule has 74 heavy (non-hydrogen) atoms. The van der Waals surface area contributed by atoms with Crippen molar-refractivity contribution in [3.8, 4) is 16.8 Å². The first-order valence-electron chi connectivity index (χ1n) is 27.4. The fraction of sp³-hybridized carbons (Fsp3) is 0.353. The molecule has 0 spiro atoms. The van der Waals surface area contributed by atoms with Crippen molar-refractivity contribution in [2.75, 3.05) is 4.81 Å². The van der Waals surface area contributed by atoms with Crippen LogP contribution >= 0.6 is 22.7 Å². The molecule has 0 saturated heterocycles. The number of rotatable bonds is 1. The van der Waals surface area contributed by atoms with Crippen LogP contribution in [0.4, 0.5) is 11.4 Å². The first-order chi connectivity index (χ1) is 34.9. The van der Waals surface area contributed by atoms with Crippen LogP contribution in [0.1, 0.15) is 156 Å². The summed E-state index contributed by atoms with van der Waals surface area (Å²) in [5.41, 5.74) is 21.4. The van der Waals surface area contributed by atoms with Gasteiger partial charge in [0, 0.05) is 79.6 Å². The van der Waals surface area contributed by atoms with Crippen LogP contribution in [0, 0.1) is 0 Å². The fourth-order valence-corrected chi connectivity index (χ4v) is 17.1. The van der Waals surface area contributed by atoms with Crippen LogP contribution < -0.4 is 15.1 Å². The minimum absolute atomic E-state index is 0.0118. The highest BCUT2D eigenvalue weighted by atomic mass is 32.1. The lowest BCUT2D eigenvalue weighted by Crippen LogP contribution is -2.59. The van der Waals surface area contributed by atoms with E-state index in [1.165, 1.54) is 160 Å². The topological polar surface area (TPSA) is 21.3 Å². The van der Waals surface area contributed by atoms with Crippen LogP contribution in [0.25, 0.3) is 90.8 Å². The van der Waals surface area contributed by atoms with E-state index in [-0.39, 0.29) is 39.3 Å². The number of nitrogens with zero attached hydrogens (tertiary/aromatic N) is 2. The van der Waals surface area contributed by atoms with Crippen LogP contribution in [0.3, 0.4) is 0 Å². The Balaban J connectivity index is 1.17. The van der Waals surface area contributed by atoms with E-state index in [0.717, 1.165) is 11.2 Å². The highest BCUT2D eigenvalue weighted by Gasteiger charge is 2.49. The number of thiophene rings is 2. The van der Waals surface area contributed by atoms with E-state index >= 15 is 0 Å². The van der Waals surface area contributed by atoms with Gasteiger partial charge in [-0.15, -0.1) is 22.7 Å². The molecule has 2 aliphatic carbocycles. The summed E-state index contributed by atoms with van der Waals surface area (Å²) in [5.74, 6) is 0. The molecule has 0 atom stereocenters. The monoisotopic (exact) mass is 1000 g/mol. The van der Waals surface area contributed by atoms with E-state index in [2.05, 4.69) is 209 Å². The number of furan rings is 1. The van der Waals surface area contributed by atoms with E-state index < -0.39 is 0 Å². The molecule has 0 N–H and O–H groups in total. The minimum atomic E-state index is -0.107. The Hall–Kier alpha value is -5.82. The van der Waals surface area contributed by atoms with E-state index in [4.69, 9.17) is 4.42 Å². The van der Waals surface area contributed by atoms with Crippen LogP contribution in [-0.2, 0) is 32.5 Å². The fourth-order valence-electron chi connectivity index (χ4n) is 14.5. The van der Waals surface area contributed by atoms with Gasteiger partial charge in [-0.25, -0.2) is 0 Å². The maximum absolute atomic E-state index is 7.23. The van der Waals surface area contributed by atoms with Gasteiger partial charge in [0.1, 0.15) is 11.2 Å². The molecule has 0 unspecified atom stereocenters. The number of anilines is 2. The number of benzene rings is 7. The van der Waals surface area contributed by atoms with Crippen molar-refractivity contribution in [3.05, 3.63) is 137 Å². The molecule has 0 saturated carbocycles. The van der Waals surface area contributed by atoms with Gasteiger partial charge in [0.15, 0.2) is 0 Å². The van der Waals surface area contributed by atoms with Gasteiger partial charge < -0.3 is 13.8 Å². The van der Waals surface area contributed by atoms with E-state index in [1.54, 1.807) is 0 Å². The lowest BCUT2D eigenvalue weighted by Gasteiger charge is -2.42. The molecule has 0 bridgehead atoms. The van der Waals surface area contributed by atoms with Crippen molar-refractivity contribution in [3.63, 3.8) is 0 Å². The lowest BCUT2D eigenvalue weighted by atomic mass is 9.47. The number of hydrogen-bond acceptors (Lipinski definition) is 4. The summed E-state index contributed by atoms with van der Waals surface area (Å²) in [5, 5.41) is 9.33. The average Bonchev–Trinajstić information content (AvgIpc) is 4.13. The number of aromatic nitrogens is 1. The van der Waals surface area contributed by atoms with Gasteiger partial charge in [0.2, 0.25) is 0 Å². The van der Waals surface area contributed by atoms with Crippen LogP contribution in [0.5, 0.6) is 0 Å². The summed E-state index contributed by atoms with van der Waals surface area (Å²) in [6, 6.07) is 41.6. The molecule has 6 heterocycles. The van der Waals surface area contributed by atoms with Gasteiger partial charge in [0.25, 0.3) is 0 Å². The predicted octanol–water partition coefficient (Wildman–Crippen LogP) is 18.8. The molecule has 3 nitrogen and oxygen atoms in total. The number of hydrogen-bond donors (Lipinski definition) is 0. The van der Waals surface area contributed by atoms with Crippen LogP contribution in [0.15, 0.2) is 108 Å². The number of fused-ring (bicyclic) bond motifs is 20. The molecule has 7 aromatic carbocycles. The first-order valence-corrected chi connectivity index (χ1v) is 29.1. The Kier molecular flexibility index (Phi) is 8.72. The predicted molar refractivity (Wildman–Crippen MR) is 323 cm³/mol. The highest BCUT2D eigenvalue weighted by Crippen LogP contribution is 2.57. The summed E-state index contributed by atoms with van der Waals surface area (Å²) in [6.45, 7) is 33.7. The third kappa shape index (κ3) is 5.91. The zero-order chi connectivity index (χ0) is 51.3. The standard InChI is InChI=1S/C68H67BN2OS2/c1-63(2,3)36-19-22-38(23-20-36)71-50-35-52-40(41-31-45-48(34-51(41)72-52)68(13,14)28-26-65(45,7)8)30-42(50)55-56-39-17-15-16-18-53(39)73-61(56)57-43-32-46-47(67(11,12)27-25-66(46,9)10)33-49(43)70-59-44-29-37(64(4,5)6)21-24-54(44)74-62(59)69(71)58(55)60(57)70/h15-24,29-35H,25-28H2,1-14H3. The van der Waals surface area contributed by atoms with Crippen molar-refractivity contribution >= 4 is 125 Å². The smallest absolute Gasteiger partial charge is 0.343 e. The van der Waals surface area contributed by atoms with Gasteiger partial charge in [-0.3, -0.25) is 0 Å². The summed E-state index contributed by atoms with van der Waals surface area (Å²) < 4.78 is 15.5. The Morgan fingerprint density at radius 3 is 1.76 bits per heavy atom. The minimum Gasteiger partial charge on any atom is -0.456 e.